The number of nitrogens with two attached hydrogens (primary N) is 1. The third-order valence-corrected chi connectivity index (χ3v) is 13.1. The lowest BCUT2D eigenvalue weighted by molar-refractivity contribution is -0.136. The molecule has 3 saturated heterocycles. The van der Waals surface area contributed by atoms with E-state index in [0.29, 0.717) is 22.9 Å². The lowest BCUT2D eigenvalue weighted by Crippen LogP contribution is -2.54. The number of anilines is 1. The second-order valence-electron chi connectivity index (χ2n) is 15.5. The molecule has 1 atom stereocenters. The maximum absolute atomic E-state index is 13.2. The summed E-state index contributed by atoms with van der Waals surface area (Å²) >= 11 is 1.71. The SMILES string of the molecule is Nc1ncnc2c1c(-c1ccc(Oc3ccccc3)cc1)nn2C1CCN(CCN2CCC(CSc3ccc4c(c3)C(=O)N(C3CCC(=O)NC3=O)C4=O)CC2)CC1. The van der Waals surface area contributed by atoms with E-state index < -0.39 is 23.8 Å². The number of rotatable bonds is 11. The first-order chi connectivity index (χ1) is 28.3. The van der Waals surface area contributed by atoms with Gasteiger partial charge in [0.15, 0.2) is 5.65 Å². The van der Waals surface area contributed by atoms with Crippen LogP contribution in [-0.2, 0) is 9.59 Å². The van der Waals surface area contributed by atoms with Gasteiger partial charge in [0.1, 0.15) is 35.4 Å². The molecule has 4 aliphatic heterocycles. The molecule has 3 N–H and O–H groups in total. The number of para-hydroxylation sites is 1. The number of hydrogen-bond acceptors (Lipinski definition) is 12. The smallest absolute Gasteiger partial charge is 0.262 e. The number of fused-ring (bicyclic) bond motifs is 2. The van der Waals surface area contributed by atoms with Gasteiger partial charge in [0.05, 0.1) is 22.6 Å². The van der Waals surface area contributed by atoms with Crippen LogP contribution < -0.4 is 15.8 Å². The van der Waals surface area contributed by atoms with Crippen LogP contribution in [0.15, 0.2) is 84.0 Å². The molecule has 14 nitrogen and oxygen atoms in total. The molecule has 298 valence electrons. The molecule has 6 heterocycles. The first kappa shape index (κ1) is 37.9. The molecule has 4 amide bonds. The maximum Gasteiger partial charge on any atom is 0.262 e. The predicted molar refractivity (Wildman–Crippen MR) is 219 cm³/mol. The van der Waals surface area contributed by atoms with E-state index >= 15 is 0 Å². The molecular weight excluding hydrogens is 755 g/mol. The molecule has 2 aromatic heterocycles. The summed E-state index contributed by atoms with van der Waals surface area (Å²) in [6.45, 7) is 6.16. The van der Waals surface area contributed by atoms with Gasteiger partial charge in [-0.15, -0.1) is 11.8 Å². The van der Waals surface area contributed by atoms with Crippen molar-refractivity contribution in [2.45, 2.75) is 55.5 Å². The lowest BCUT2D eigenvalue weighted by atomic mass is 9.99. The molecule has 0 radical (unpaired) electrons. The third-order valence-electron chi connectivity index (χ3n) is 11.9. The van der Waals surface area contributed by atoms with Crippen molar-refractivity contribution in [2.75, 3.05) is 50.8 Å². The molecule has 0 bridgehead atoms. The first-order valence-corrected chi connectivity index (χ1v) is 21.0. The van der Waals surface area contributed by atoms with Crippen LogP contribution in [0, 0.1) is 5.92 Å². The molecular formula is C43H45N9O5S. The molecule has 15 heteroatoms. The summed E-state index contributed by atoms with van der Waals surface area (Å²) in [6, 6.07) is 22.2. The number of ether oxygens (including phenoxy) is 1. The average molecular weight is 800 g/mol. The van der Waals surface area contributed by atoms with Gasteiger partial charge in [-0.1, -0.05) is 18.2 Å². The van der Waals surface area contributed by atoms with Gasteiger partial charge in [-0.2, -0.15) is 5.10 Å². The third kappa shape index (κ3) is 7.68. The Morgan fingerprint density at radius 1 is 0.776 bits per heavy atom. The summed E-state index contributed by atoms with van der Waals surface area (Å²) in [4.78, 5) is 66.4. The van der Waals surface area contributed by atoms with Gasteiger partial charge in [-0.3, -0.25) is 29.4 Å². The van der Waals surface area contributed by atoms with Crippen molar-refractivity contribution < 1.29 is 23.9 Å². The number of nitrogens with one attached hydrogen (secondary N) is 1. The summed E-state index contributed by atoms with van der Waals surface area (Å²) < 4.78 is 8.06. The normalized spacial score (nSPS) is 19.9. The summed E-state index contributed by atoms with van der Waals surface area (Å²) in [7, 11) is 0. The summed E-state index contributed by atoms with van der Waals surface area (Å²) in [6.07, 6.45) is 5.95. The molecule has 0 spiro atoms. The molecule has 1 unspecified atom stereocenters. The van der Waals surface area contributed by atoms with Crippen LogP contribution in [0.4, 0.5) is 5.82 Å². The van der Waals surface area contributed by atoms with Crippen LogP contribution in [-0.4, -0.2) is 109 Å². The number of nitrogen functional groups attached to an aromatic ring is 1. The van der Waals surface area contributed by atoms with Crippen LogP contribution in [0.25, 0.3) is 22.3 Å². The Morgan fingerprint density at radius 3 is 2.19 bits per heavy atom. The maximum atomic E-state index is 13.2. The highest BCUT2D eigenvalue weighted by atomic mass is 32.2. The van der Waals surface area contributed by atoms with Crippen LogP contribution in [0.2, 0.25) is 0 Å². The van der Waals surface area contributed by atoms with Crippen molar-refractivity contribution in [3.8, 4) is 22.8 Å². The number of carbonyl (C=O) groups excluding carboxylic acids is 4. The molecule has 9 rings (SSSR count). The number of thioether (sulfide) groups is 1. The molecule has 3 aromatic carbocycles. The number of benzene rings is 3. The van der Waals surface area contributed by atoms with Crippen molar-refractivity contribution >= 4 is 52.2 Å². The van der Waals surface area contributed by atoms with E-state index in [1.54, 1.807) is 23.9 Å². The fourth-order valence-electron chi connectivity index (χ4n) is 8.56. The number of carbonyl (C=O) groups is 4. The van der Waals surface area contributed by atoms with Crippen LogP contribution in [0.1, 0.15) is 65.3 Å². The van der Waals surface area contributed by atoms with E-state index in [9.17, 15) is 19.2 Å². The molecule has 58 heavy (non-hydrogen) atoms. The molecule has 3 fully saturated rings. The number of hydrogen-bond donors (Lipinski definition) is 2. The zero-order valence-electron chi connectivity index (χ0n) is 32.1. The molecule has 0 aliphatic carbocycles. The zero-order valence-corrected chi connectivity index (χ0v) is 32.9. The number of imide groups is 2. The zero-order chi connectivity index (χ0) is 39.8. The van der Waals surface area contributed by atoms with Crippen molar-refractivity contribution in [3.63, 3.8) is 0 Å². The number of piperidine rings is 3. The summed E-state index contributed by atoms with van der Waals surface area (Å²) in [5, 5.41) is 8.13. The van der Waals surface area contributed by atoms with E-state index in [0.717, 1.165) is 114 Å². The fraction of sp³-hybridized carbons (Fsp3) is 0.372. The van der Waals surface area contributed by atoms with Crippen molar-refractivity contribution in [1.82, 2.24) is 39.8 Å². The Bertz CT molecular complexity index is 2360. The van der Waals surface area contributed by atoms with Crippen LogP contribution >= 0.6 is 11.8 Å². The average Bonchev–Trinajstić information content (AvgIpc) is 3.75. The van der Waals surface area contributed by atoms with E-state index in [-0.39, 0.29) is 24.8 Å². The molecule has 0 saturated carbocycles. The highest BCUT2D eigenvalue weighted by Crippen LogP contribution is 2.36. The number of likely N-dealkylation sites (tertiary alicyclic amines) is 2. The minimum atomic E-state index is -0.956. The van der Waals surface area contributed by atoms with E-state index in [2.05, 4.69) is 29.8 Å². The van der Waals surface area contributed by atoms with Crippen molar-refractivity contribution in [2.24, 2.45) is 5.92 Å². The Hall–Kier alpha value is -5.64. The highest BCUT2D eigenvalue weighted by molar-refractivity contribution is 7.99. The Balaban J connectivity index is 0.742. The summed E-state index contributed by atoms with van der Waals surface area (Å²) in [5.41, 5.74) is 9.55. The van der Waals surface area contributed by atoms with Crippen molar-refractivity contribution in [3.05, 3.63) is 90.3 Å². The van der Waals surface area contributed by atoms with Crippen molar-refractivity contribution in [1.29, 1.82) is 0 Å². The topological polar surface area (TPSA) is 169 Å². The fourth-order valence-corrected chi connectivity index (χ4v) is 9.69. The van der Waals surface area contributed by atoms with Gasteiger partial charge >= 0.3 is 0 Å². The van der Waals surface area contributed by atoms with Gasteiger partial charge in [0.25, 0.3) is 11.8 Å². The summed E-state index contributed by atoms with van der Waals surface area (Å²) in [5.74, 6) is 1.53. The lowest BCUT2D eigenvalue weighted by Gasteiger charge is -2.36. The quantitative estimate of drug-likeness (QED) is 0.129. The van der Waals surface area contributed by atoms with Crippen LogP contribution in [0.3, 0.4) is 0 Å². The second-order valence-corrected chi connectivity index (χ2v) is 16.6. The van der Waals surface area contributed by atoms with Gasteiger partial charge in [-0.05, 0) is 106 Å². The Labute approximate surface area is 340 Å². The number of aromatic nitrogens is 4. The van der Waals surface area contributed by atoms with Gasteiger partial charge < -0.3 is 20.3 Å². The van der Waals surface area contributed by atoms with E-state index in [1.165, 1.54) is 6.33 Å². The Morgan fingerprint density at radius 2 is 1.47 bits per heavy atom. The molecule has 5 aromatic rings. The second kappa shape index (κ2) is 16.3. The minimum Gasteiger partial charge on any atom is -0.457 e. The molecule has 4 aliphatic rings. The minimum absolute atomic E-state index is 0.103. The largest absolute Gasteiger partial charge is 0.457 e. The predicted octanol–water partition coefficient (Wildman–Crippen LogP) is 5.41. The van der Waals surface area contributed by atoms with Gasteiger partial charge in [0.2, 0.25) is 11.8 Å². The van der Waals surface area contributed by atoms with E-state index in [1.807, 2.05) is 60.7 Å². The first-order valence-electron chi connectivity index (χ1n) is 20.0. The Kier molecular flexibility index (Phi) is 10.7. The van der Waals surface area contributed by atoms with Gasteiger partial charge in [-0.25, -0.2) is 14.6 Å². The van der Waals surface area contributed by atoms with E-state index in [4.69, 9.17) is 15.6 Å². The number of nitrogens with zero attached hydrogens (tertiary/aromatic N) is 7. The standard InChI is InChI=1S/C43H45N9O5S/c44-39-37-38(28-6-8-31(9-7-28)57-30-4-2-1-3-5-30)48-52(40(37)46-26-45-39)29-16-20-50(21-17-29)23-22-49-18-14-27(15-19-49)25-58-32-10-11-33-34(24-32)43(56)51(42(33)55)35-12-13-36(53)47-41(35)54/h1-11,24,26-27,29,35H,12-23,25H2,(H2,44,45,46)(H,47,53,54). The van der Waals surface area contributed by atoms with Gasteiger partial charge in [0, 0.05) is 48.8 Å². The highest BCUT2D eigenvalue weighted by Gasteiger charge is 2.44. The monoisotopic (exact) mass is 799 g/mol. The number of amides is 4. The van der Waals surface area contributed by atoms with Crippen LogP contribution in [0.5, 0.6) is 11.5 Å².